The Balaban J connectivity index is 1.78. The van der Waals surface area contributed by atoms with Crippen LogP contribution in [0.1, 0.15) is 43.1 Å². The zero-order valence-electron chi connectivity index (χ0n) is 13.8. The molecule has 1 atom stereocenters. The van der Waals surface area contributed by atoms with Gasteiger partial charge in [-0.1, -0.05) is 18.2 Å². The first-order valence-electron chi connectivity index (χ1n) is 7.92. The van der Waals surface area contributed by atoms with Crippen LogP contribution < -0.4 is 10.1 Å². The standard InChI is InChI=1S/C19H22N2O2/c1-13-7-8-15-16(12-19(2,3)23-17(15)10-13)21-18(22)11-14-6-4-5-9-20-14/h4-10,16H,11-12H2,1-3H3,(H,21,22)/t16-/m1/s1. The number of carbonyl (C=O) groups excluding carboxylic acids is 1. The Labute approximate surface area is 136 Å². The molecule has 2 heterocycles. The van der Waals surface area contributed by atoms with Gasteiger partial charge in [0.25, 0.3) is 0 Å². The van der Waals surface area contributed by atoms with Gasteiger partial charge in [0.2, 0.25) is 5.91 Å². The highest BCUT2D eigenvalue weighted by molar-refractivity contribution is 5.78. The van der Waals surface area contributed by atoms with E-state index in [-0.39, 0.29) is 17.6 Å². The minimum atomic E-state index is -0.302. The molecule has 4 nitrogen and oxygen atoms in total. The van der Waals surface area contributed by atoms with Crippen molar-refractivity contribution in [3.05, 3.63) is 59.4 Å². The number of benzene rings is 1. The third kappa shape index (κ3) is 3.70. The third-order valence-corrected chi connectivity index (χ3v) is 4.03. The van der Waals surface area contributed by atoms with Crippen LogP contribution in [0.3, 0.4) is 0 Å². The number of aryl methyl sites for hydroxylation is 1. The van der Waals surface area contributed by atoms with E-state index in [0.717, 1.165) is 29.0 Å². The molecule has 2 aromatic rings. The highest BCUT2D eigenvalue weighted by Crippen LogP contribution is 2.39. The smallest absolute Gasteiger partial charge is 0.226 e. The summed E-state index contributed by atoms with van der Waals surface area (Å²) in [6, 6.07) is 11.7. The lowest BCUT2D eigenvalue weighted by molar-refractivity contribution is -0.121. The zero-order valence-corrected chi connectivity index (χ0v) is 13.8. The molecule has 0 fully saturated rings. The van der Waals surface area contributed by atoms with Crippen LogP contribution in [0.15, 0.2) is 42.6 Å². The summed E-state index contributed by atoms with van der Waals surface area (Å²) in [6.07, 6.45) is 2.75. The molecule has 3 rings (SSSR count). The van der Waals surface area contributed by atoms with E-state index in [9.17, 15) is 4.79 Å². The van der Waals surface area contributed by atoms with E-state index in [4.69, 9.17) is 4.74 Å². The molecule has 1 amide bonds. The van der Waals surface area contributed by atoms with E-state index < -0.39 is 0 Å². The lowest BCUT2D eigenvalue weighted by Crippen LogP contribution is -2.41. The van der Waals surface area contributed by atoms with Crippen LogP contribution in [-0.2, 0) is 11.2 Å². The Hall–Kier alpha value is -2.36. The zero-order chi connectivity index (χ0) is 16.4. The van der Waals surface area contributed by atoms with Crippen LogP contribution in [0, 0.1) is 6.92 Å². The second-order valence-electron chi connectivity index (χ2n) is 6.73. The fraction of sp³-hybridized carbons (Fsp3) is 0.368. The van der Waals surface area contributed by atoms with Gasteiger partial charge in [-0.2, -0.15) is 0 Å². The molecule has 0 spiro atoms. The highest BCUT2D eigenvalue weighted by Gasteiger charge is 2.34. The lowest BCUT2D eigenvalue weighted by Gasteiger charge is -2.38. The summed E-state index contributed by atoms with van der Waals surface area (Å²) in [5.74, 6) is 0.849. The van der Waals surface area contributed by atoms with Gasteiger partial charge in [0.1, 0.15) is 11.4 Å². The Bertz CT molecular complexity index is 711. The topological polar surface area (TPSA) is 51.2 Å². The molecule has 1 aromatic heterocycles. The van der Waals surface area contributed by atoms with Gasteiger partial charge in [-0.15, -0.1) is 0 Å². The molecule has 0 bridgehead atoms. The number of fused-ring (bicyclic) bond motifs is 1. The molecule has 0 aliphatic carbocycles. The summed E-state index contributed by atoms with van der Waals surface area (Å²) in [5.41, 5.74) is 2.67. The summed E-state index contributed by atoms with van der Waals surface area (Å²) >= 11 is 0. The molecule has 0 saturated carbocycles. The van der Waals surface area contributed by atoms with Gasteiger partial charge < -0.3 is 10.1 Å². The fourth-order valence-corrected chi connectivity index (χ4v) is 3.00. The normalized spacial score (nSPS) is 18.7. The molecule has 120 valence electrons. The quantitative estimate of drug-likeness (QED) is 0.946. The van der Waals surface area contributed by atoms with E-state index in [0.29, 0.717) is 6.42 Å². The average molecular weight is 310 g/mol. The number of aromatic nitrogens is 1. The maximum Gasteiger partial charge on any atom is 0.226 e. The summed E-state index contributed by atoms with van der Waals surface area (Å²) in [5, 5.41) is 3.14. The monoisotopic (exact) mass is 310 g/mol. The molecule has 0 radical (unpaired) electrons. The third-order valence-electron chi connectivity index (χ3n) is 4.03. The Kier molecular flexibility index (Phi) is 4.07. The Morgan fingerprint density at radius 3 is 2.91 bits per heavy atom. The summed E-state index contributed by atoms with van der Waals surface area (Å²) in [6.45, 7) is 6.15. The van der Waals surface area contributed by atoms with Crippen LogP contribution in [0.5, 0.6) is 5.75 Å². The Morgan fingerprint density at radius 2 is 2.17 bits per heavy atom. The number of amides is 1. The highest BCUT2D eigenvalue weighted by atomic mass is 16.5. The largest absolute Gasteiger partial charge is 0.487 e. The van der Waals surface area contributed by atoms with Crippen molar-refractivity contribution in [3.8, 4) is 5.75 Å². The van der Waals surface area contributed by atoms with Crippen molar-refractivity contribution in [1.29, 1.82) is 0 Å². The van der Waals surface area contributed by atoms with E-state index in [1.807, 2.05) is 37.3 Å². The minimum Gasteiger partial charge on any atom is -0.487 e. The van der Waals surface area contributed by atoms with E-state index in [1.165, 1.54) is 0 Å². The van der Waals surface area contributed by atoms with Crippen molar-refractivity contribution in [3.63, 3.8) is 0 Å². The number of nitrogens with zero attached hydrogens (tertiary/aromatic N) is 1. The first-order chi connectivity index (χ1) is 10.9. The molecule has 1 aromatic carbocycles. The summed E-state index contributed by atoms with van der Waals surface area (Å²) in [7, 11) is 0. The second-order valence-corrected chi connectivity index (χ2v) is 6.73. The first kappa shape index (κ1) is 15.5. The van der Waals surface area contributed by atoms with Crippen LogP contribution in [-0.4, -0.2) is 16.5 Å². The van der Waals surface area contributed by atoms with Crippen LogP contribution in [0.2, 0.25) is 0 Å². The second kappa shape index (κ2) is 6.03. The molecule has 1 aliphatic heterocycles. The maximum atomic E-state index is 12.4. The molecular weight excluding hydrogens is 288 g/mol. The summed E-state index contributed by atoms with van der Waals surface area (Å²) in [4.78, 5) is 16.6. The number of carbonyl (C=O) groups is 1. The molecule has 0 unspecified atom stereocenters. The molecular formula is C19H22N2O2. The van der Waals surface area contributed by atoms with Crippen molar-refractivity contribution in [2.75, 3.05) is 0 Å². The number of hydrogen-bond donors (Lipinski definition) is 1. The van der Waals surface area contributed by atoms with Gasteiger partial charge in [0.15, 0.2) is 0 Å². The number of ether oxygens (including phenoxy) is 1. The van der Waals surface area contributed by atoms with E-state index in [2.05, 4.69) is 30.2 Å². The molecule has 0 saturated heterocycles. The molecule has 1 N–H and O–H groups in total. The van der Waals surface area contributed by atoms with Gasteiger partial charge in [0.05, 0.1) is 12.5 Å². The van der Waals surface area contributed by atoms with Crippen molar-refractivity contribution in [2.24, 2.45) is 0 Å². The van der Waals surface area contributed by atoms with Gasteiger partial charge in [0, 0.05) is 23.9 Å². The first-order valence-corrected chi connectivity index (χ1v) is 7.92. The minimum absolute atomic E-state index is 0.0158. The van der Waals surface area contributed by atoms with Crippen LogP contribution in [0.25, 0.3) is 0 Å². The average Bonchev–Trinajstić information content (AvgIpc) is 2.46. The van der Waals surface area contributed by atoms with Crippen molar-refractivity contribution >= 4 is 5.91 Å². The molecule has 23 heavy (non-hydrogen) atoms. The maximum absolute atomic E-state index is 12.4. The van der Waals surface area contributed by atoms with Crippen molar-refractivity contribution in [1.82, 2.24) is 10.3 Å². The fourth-order valence-electron chi connectivity index (χ4n) is 3.00. The van der Waals surface area contributed by atoms with Crippen molar-refractivity contribution < 1.29 is 9.53 Å². The SMILES string of the molecule is Cc1ccc2c(c1)OC(C)(C)C[C@H]2NC(=O)Cc1ccccn1. The predicted octanol–water partition coefficient (Wildman–Crippen LogP) is 3.35. The van der Waals surface area contributed by atoms with E-state index >= 15 is 0 Å². The number of nitrogens with one attached hydrogen (secondary N) is 1. The van der Waals surface area contributed by atoms with Crippen LogP contribution >= 0.6 is 0 Å². The Morgan fingerprint density at radius 1 is 1.35 bits per heavy atom. The lowest BCUT2D eigenvalue weighted by atomic mass is 9.89. The number of pyridine rings is 1. The van der Waals surface area contributed by atoms with E-state index in [1.54, 1.807) is 6.20 Å². The van der Waals surface area contributed by atoms with Gasteiger partial charge >= 0.3 is 0 Å². The number of hydrogen-bond acceptors (Lipinski definition) is 3. The van der Waals surface area contributed by atoms with Gasteiger partial charge in [-0.3, -0.25) is 9.78 Å². The van der Waals surface area contributed by atoms with Gasteiger partial charge in [-0.05, 0) is 44.5 Å². The summed E-state index contributed by atoms with van der Waals surface area (Å²) < 4.78 is 6.07. The number of rotatable bonds is 3. The molecule has 1 aliphatic rings. The predicted molar refractivity (Wildman–Crippen MR) is 89.3 cm³/mol. The van der Waals surface area contributed by atoms with Crippen LogP contribution in [0.4, 0.5) is 0 Å². The van der Waals surface area contributed by atoms with Crippen molar-refractivity contribution in [2.45, 2.75) is 45.3 Å². The molecule has 4 heteroatoms. The van der Waals surface area contributed by atoms with Gasteiger partial charge in [-0.25, -0.2) is 0 Å².